The van der Waals surface area contributed by atoms with Gasteiger partial charge in [-0.1, -0.05) is 27.2 Å². The molecule has 3 atom stereocenters. The molecular formula is C11H25NOS. The summed E-state index contributed by atoms with van der Waals surface area (Å²) in [5.41, 5.74) is 0. The van der Waals surface area contributed by atoms with E-state index in [9.17, 15) is 4.21 Å². The minimum atomic E-state index is -0.668. The second kappa shape index (κ2) is 8.42. The lowest BCUT2D eigenvalue weighted by atomic mass is 10.1. The zero-order chi connectivity index (χ0) is 11.0. The van der Waals surface area contributed by atoms with E-state index in [0.717, 1.165) is 25.4 Å². The quantitative estimate of drug-likeness (QED) is 0.634. The molecule has 14 heavy (non-hydrogen) atoms. The topological polar surface area (TPSA) is 29.1 Å². The van der Waals surface area contributed by atoms with Gasteiger partial charge in [0.25, 0.3) is 0 Å². The summed E-state index contributed by atoms with van der Waals surface area (Å²) in [6, 6.07) is 0. The highest BCUT2D eigenvalue weighted by molar-refractivity contribution is 7.84. The van der Waals surface area contributed by atoms with Crippen LogP contribution in [0.1, 0.15) is 40.0 Å². The molecule has 0 aromatic rings. The lowest BCUT2D eigenvalue weighted by molar-refractivity contribution is 0.472. The molecule has 0 aliphatic rings. The van der Waals surface area contributed by atoms with Crippen LogP contribution in [-0.4, -0.2) is 28.8 Å². The van der Waals surface area contributed by atoms with Crippen molar-refractivity contribution in [3.8, 4) is 0 Å². The van der Waals surface area contributed by atoms with Crippen molar-refractivity contribution in [2.45, 2.75) is 45.3 Å². The Morgan fingerprint density at radius 1 is 1.29 bits per heavy atom. The maximum atomic E-state index is 11.1. The Kier molecular flexibility index (Phi) is 8.49. The molecule has 0 amide bonds. The van der Waals surface area contributed by atoms with Crippen LogP contribution in [0, 0.1) is 5.92 Å². The standard InChI is InChI=1S/C11H25NOS/c1-5-6-10(2)9-12-8-7-11(3)14(4)13/h10-12H,5-9H2,1-4H3. The Labute approximate surface area is 91.3 Å². The summed E-state index contributed by atoms with van der Waals surface area (Å²) in [6.07, 6.45) is 5.35. The molecule has 1 N–H and O–H groups in total. The van der Waals surface area contributed by atoms with Gasteiger partial charge in [-0.15, -0.1) is 0 Å². The molecule has 0 fully saturated rings. The Hall–Kier alpha value is 0.110. The summed E-state index contributed by atoms with van der Waals surface area (Å²) in [4.78, 5) is 0. The molecule has 0 aliphatic carbocycles. The van der Waals surface area contributed by atoms with Crippen LogP contribution in [0.25, 0.3) is 0 Å². The maximum Gasteiger partial charge on any atom is 0.0329 e. The van der Waals surface area contributed by atoms with Crippen LogP contribution in [0.2, 0.25) is 0 Å². The first-order valence-electron chi connectivity index (χ1n) is 5.60. The highest BCUT2D eigenvalue weighted by atomic mass is 32.2. The number of nitrogens with one attached hydrogen (secondary N) is 1. The Bertz CT molecular complexity index is 161. The minimum absolute atomic E-state index is 0.323. The van der Waals surface area contributed by atoms with E-state index in [4.69, 9.17) is 0 Å². The van der Waals surface area contributed by atoms with Gasteiger partial charge in [-0.3, -0.25) is 4.21 Å². The summed E-state index contributed by atoms with van der Waals surface area (Å²) in [6.45, 7) is 8.63. The van der Waals surface area contributed by atoms with Gasteiger partial charge in [0.2, 0.25) is 0 Å². The lowest BCUT2D eigenvalue weighted by Gasteiger charge is -2.13. The van der Waals surface area contributed by atoms with Crippen LogP contribution >= 0.6 is 0 Å². The van der Waals surface area contributed by atoms with E-state index >= 15 is 0 Å². The first-order chi connectivity index (χ1) is 6.57. The normalized spacial score (nSPS) is 17.7. The Balaban J connectivity index is 3.33. The van der Waals surface area contributed by atoms with Gasteiger partial charge < -0.3 is 5.32 Å². The molecule has 2 nitrogen and oxygen atoms in total. The molecule has 86 valence electrons. The monoisotopic (exact) mass is 219 g/mol. The van der Waals surface area contributed by atoms with Crippen LogP contribution in [-0.2, 0) is 10.8 Å². The molecule has 0 aromatic heterocycles. The third-order valence-corrected chi connectivity index (χ3v) is 3.94. The van der Waals surface area contributed by atoms with E-state index in [-0.39, 0.29) is 0 Å². The van der Waals surface area contributed by atoms with Crippen LogP contribution in [0.4, 0.5) is 0 Å². The predicted octanol–water partition coefficient (Wildman–Crippen LogP) is 2.17. The molecule has 0 spiro atoms. The fourth-order valence-electron chi connectivity index (χ4n) is 1.41. The number of hydrogen-bond donors (Lipinski definition) is 1. The summed E-state index contributed by atoms with van der Waals surface area (Å²) < 4.78 is 11.1. The third-order valence-electron chi connectivity index (χ3n) is 2.57. The molecule has 3 unspecified atom stereocenters. The van der Waals surface area contributed by atoms with Crippen molar-refractivity contribution < 1.29 is 4.21 Å². The maximum absolute atomic E-state index is 11.1. The smallest absolute Gasteiger partial charge is 0.0329 e. The van der Waals surface area contributed by atoms with Crippen molar-refractivity contribution in [2.75, 3.05) is 19.3 Å². The second-order valence-electron chi connectivity index (χ2n) is 4.20. The Morgan fingerprint density at radius 2 is 1.93 bits per heavy atom. The second-order valence-corrected chi connectivity index (χ2v) is 6.00. The summed E-state index contributed by atoms with van der Waals surface area (Å²) in [5.74, 6) is 0.766. The van der Waals surface area contributed by atoms with E-state index in [0.29, 0.717) is 5.25 Å². The van der Waals surface area contributed by atoms with E-state index in [1.807, 2.05) is 6.92 Å². The van der Waals surface area contributed by atoms with Gasteiger partial charge in [-0.2, -0.15) is 0 Å². The molecule has 0 heterocycles. The van der Waals surface area contributed by atoms with Crippen molar-refractivity contribution in [1.29, 1.82) is 0 Å². The highest BCUT2D eigenvalue weighted by Crippen LogP contribution is 2.03. The van der Waals surface area contributed by atoms with Gasteiger partial charge >= 0.3 is 0 Å². The van der Waals surface area contributed by atoms with Crippen LogP contribution in [0.5, 0.6) is 0 Å². The minimum Gasteiger partial charge on any atom is -0.316 e. The van der Waals surface area contributed by atoms with E-state index in [1.54, 1.807) is 6.26 Å². The third kappa shape index (κ3) is 7.51. The zero-order valence-corrected chi connectivity index (χ0v) is 10.8. The van der Waals surface area contributed by atoms with Crippen molar-refractivity contribution in [3.05, 3.63) is 0 Å². The predicted molar refractivity (Wildman–Crippen MR) is 65.1 cm³/mol. The molecule has 0 saturated carbocycles. The first-order valence-corrected chi connectivity index (χ1v) is 7.23. The summed E-state index contributed by atoms with van der Waals surface area (Å²) >= 11 is 0. The van der Waals surface area contributed by atoms with Gasteiger partial charge in [0.1, 0.15) is 0 Å². The fourth-order valence-corrected chi connectivity index (χ4v) is 1.86. The molecule has 3 heteroatoms. The molecule has 0 radical (unpaired) electrons. The van der Waals surface area contributed by atoms with Gasteiger partial charge in [-0.05, 0) is 31.8 Å². The van der Waals surface area contributed by atoms with Gasteiger partial charge in [-0.25, -0.2) is 0 Å². The van der Waals surface area contributed by atoms with Crippen molar-refractivity contribution in [1.82, 2.24) is 5.32 Å². The van der Waals surface area contributed by atoms with E-state index in [1.165, 1.54) is 12.8 Å². The number of rotatable bonds is 8. The summed E-state index contributed by atoms with van der Waals surface area (Å²) in [5, 5.41) is 3.74. The largest absolute Gasteiger partial charge is 0.316 e. The molecule has 0 aliphatic heterocycles. The van der Waals surface area contributed by atoms with Crippen LogP contribution in [0.15, 0.2) is 0 Å². The fraction of sp³-hybridized carbons (Fsp3) is 1.00. The van der Waals surface area contributed by atoms with E-state index < -0.39 is 10.8 Å². The van der Waals surface area contributed by atoms with E-state index in [2.05, 4.69) is 19.2 Å². The molecule has 0 rings (SSSR count). The van der Waals surface area contributed by atoms with Crippen molar-refractivity contribution >= 4 is 10.8 Å². The zero-order valence-electron chi connectivity index (χ0n) is 10.0. The average molecular weight is 219 g/mol. The van der Waals surface area contributed by atoms with Gasteiger partial charge in [0.15, 0.2) is 0 Å². The number of hydrogen-bond acceptors (Lipinski definition) is 2. The van der Waals surface area contributed by atoms with Crippen LogP contribution < -0.4 is 5.32 Å². The van der Waals surface area contributed by atoms with Gasteiger partial charge in [0.05, 0.1) is 0 Å². The first kappa shape index (κ1) is 14.1. The molecule has 0 aromatic carbocycles. The van der Waals surface area contributed by atoms with Crippen molar-refractivity contribution in [3.63, 3.8) is 0 Å². The highest BCUT2D eigenvalue weighted by Gasteiger charge is 2.05. The van der Waals surface area contributed by atoms with Gasteiger partial charge in [0, 0.05) is 22.3 Å². The molecular weight excluding hydrogens is 194 g/mol. The summed E-state index contributed by atoms with van der Waals surface area (Å²) in [7, 11) is -0.668. The average Bonchev–Trinajstić information content (AvgIpc) is 2.12. The van der Waals surface area contributed by atoms with Crippen molar-refractivity contribution in [2.24, 2.45) is 5.92 Å². The lowest BCUT2D eigenvalue weighted by Crippen LogP contribution is -2.25. The molecule has 0 bridgehead atoms. The molecule has 0 saturated heterocycles. The van der Waals surface area contributed by atoms with Crippen LogP contribution in [0.3, 0.4) is 0 Å². The SMILES string of the molecule is CCCC(C)CNCCC(C)S(C)=O. The Morgan fingerprint density at radius 3 is 2.43 bits per heavy atom.